The van der Waals surface area contributed by atoms with Crippen LogP contribution in [0, 0.1) is 5.92 Å². The van der Waals surface area contributed by atoms with Crippen LogP contribution < -0.4 is 0 Å². The quantitative estimate of drug-likeness (QED) is 0.880. The van der Waals surface area contributed by atoms with Gasteiger partial charge in [0.1, 0.15) is 0 Å². The molecule has 3 heteroatoms. The van der Waals surface area contributed by atoms with Crippen LogP contribution in [0.15, 0.2) is 30.5 Å². The first-order valence-electron chi connectivity index (χ1n) is 6.99. The number of rotatable bonds is 2. The first-order chi connectivity index (χ1) is 9.16. The highest BCUT2D eigenvalue weighted by atomic mass is 16.4. The Labute approximate surface area is 112 Å². The fourth-order valence-corrected chi connectivity index (χ4v) is 3.22. The van der Waals surface area contributed by atoms with Gasteiger partial charge in [-0.05, 0) is 43.7 Å². The summed E-state index contributed by atoms with van der Waals surface area (Å²) in [4.78, 5) is 11.4. The molecule has 0 amide bonds. The first kappa shape index (κ1) is 12.3. The number of hydrogen-bond acceptors (Lipinski definition) is 1. The predicted octanol–water partition coefficient (Wildman–Crippen LogP) is 4.09. The van der Waals surface area contributed by atoms with E-state index in [1.54, 1.807) is 6.07 Å². The molecule has 1 aromatic heterocycles. The number of nitrogens with zero attached hydrogens (tertiary/aromatic N) is 1. The number of para-hydroxylation sites is 1. The molecule has 0 spiro atoms. The van der Waals surface area contributed by atoms with Gasteiger partial charge < -0.3 is 9.67 Å². The molecule has 1 aliphatic rings. The summed E-state index contributed by atoms with van der Waals surface area (Å²) >= 11 is 0. The van der Waals surface area contributed by atoms with Gasteiger partial charge in [-0.2, -0.15) is 0 Å². The zero-order valence-electron chi connectivity index (χ0n) is 11.2. The van der Waals surface area contributed by atoms with Crippen LogP contribution in [0.4, 0.5) is 0 Å². The average Bonchev–Trinajstić information content (AvgIpc) is 2.83. The lowest BCUT2D eigenvalue weighted by atomic mass is 9.87. The fourth-order valence-electron chi connectivity index (χ4n) is 3.22. The number of carbonyl (C=O) groups is 1. The maximum atomic E-state index is 11.4. The van der Waals surface area contributed by atoms with Crippen molar-refractivity contribution in [1.29, 1.82) is 0 Å². The zero-order valence-corrected chi connectivity index (χ0v) is 11.2. The maximum Gasteiger partial charge on any atom is 0.337 e. The number of benzene rings is 1. The van der Waals surface area contributed by atoms with Crippen molar-refractivity contribution in [1.82, 2.24) is 4.57 Å². The molecule has 100 valence electrons. The Balaban J connectivity index is 2.06. The summed E-state index contributed by atoms with van der Waals surface area (Å²) < 4.78 is 2.19. The summed E-state index contributed by atoms with van der Waals surface area (Å²) in [6.45, 7) is 2.30. The first-order valence-corrected chi connectivity index (χ1v) is 6.99. The fraction of sp³-hybridized carbons (Fsp3) is 0.438. The average molecular weight is 257 g/mol. The largest absolute Gasteiger partial charge is 0.478 e. The van der Waals surface area contributed by atoms with E-state index in [0.29, 0.717) is 11.6 Å². The molecule has 0 radical (unpaired) electrons. The van der Waals surface area contributed by atoms with Gasteiger partial charge in [0.05, 0.1) is 11.1 Å². The smallest absolute Gasteiger partial charge is 0.337 e. The minimum Gasteiger partial charge on any atom is -0.478 e. The molecule has 1 aromatic carbocycles. The molecule has 19 heavy (non-hydrogen) atoms. The van der Waals surface area contributed by atoms with Crippen molar-refractivity contribution in [3.8, 4) is 0 Å². The van der Waals surface area contributed by atoms with Crippen LogP contribution in [0.5, 0.6) is 0 Å². The number of carboxylic acids is 1. The molecule has 2 aromatic rings. The van der Waals surface area contributed by atoms with Crippen molar-refractivity contribution in [3.63, 3.8) is 0 Å². The Hall–Kier alpha value is -1.77. The summed E-state index contributed by atoms with van der Waals surface area (Å²) in [5.74, 6) is -0.0354. The lowest BCUT2D eigenvalue weighted by Gasteiger charge is -2.28. The molecule has 0 atom stereocenters. The standard InChI is InChI=1S/C16H19NO2/c1-11-5-7-13(8-6-11)17-10-9-12-3-2-4-14(15(12)17)16(18)19/h2-4,9-11,13H,5-8H2,1H3,(H,18,19). The molecule has 1 fully saturated rings. The Morgan fingerprint density at radius 2 is 1.95 bits per heavy atom. The Morgan fingerprint density at radius 1 is 1.21 bits per heavy atom. The van der Waals surface area contributed by atoms with Crippen molar-refractivity contribution in [2.24, 2.45) is 5.92 Å². The number of fused-ring (bicyclic) bond motifs is 1. The van der Waals surface area contributed by atoms with Crippen LogP contribution in [0.3, 0.4) is 0 Å². The molecular formula is C16H19NO2. The van der Waals surface area contributed by atoms with Gasteiger partial charge in [-0.25, -0.2) is 4.79 Å². The molecular weight excluding hydrogens is 238 g/mol. The number of aromatic carboxylic acids is 1. The van der Waals surface area contributed by atoms with Gasteiger partial charge in [-0.15, -0.1) is 0 Å². The molecule has 1 N–H and O–H groups in total. The normalized spacial score (nSPS) is 23.6. The Morgan fingerprint density at radius 3 is 2.63 bits per heavy atom. The third kappa shape index (κ3) is 2.14. The van der Waals surface area contributed by atoms with Crippen molar-refractivity contribution < 1.29 is 9.90 Å². The lowest BCUT2D eigenvalue weighted by Crippen LogP contribution is -2.17. The molecule has 3 nitrogen and oxygen atoms in total. The van der Waals surface area contributed by atoms with Gasteiger partial charge in [0.25, 0.3) is 0 Å². The van der Waals surface area contributed by atoms with Crippen LogP contribution >= 0.6 is 0 Å². The molecule has 3 rings (SSSR count). The zero-order chi connectivity index (χ0) is 13.4. The van der Waals surface area contributed by atoms with E-state index in [1.807, 2.05) is 18.2 Å². The third-order valence-corrected chi connectivity index (χ3v) is 4.35. The van der Waals surface area contributed by atoms with Crippen LogP contribution in [0.2, 0.25) is 0 Å². The van der Waals surface area contributed by atoms with Gasteiger partial charge in [0, 0.05) is 17.6 Å². The number of aromatic nitrogens is 1. The highest BCUT2D eigenvalue weighted by Gasteiger charge is 2.22. The highest BCUT2D eigenvalue weighted by Crippen LogP contribution is 2.35. The second-order valence-electron chi connectivity index (χ2n) is 5.69. The summed E-state index contributed by atoms with van der Waals surface area (Å²) in [5.41, 5.74) is 1.30. The van der Waals surface area contributed by atoms with E-state index in [2.05, 4.69) is 17.7 Å². The third-order valence-electron chi connectivity index (χ3n) is 4.35. The van der Waals surface area contributed by atoms with E-state index in [1.165, 1.54) is 12.8 Å². The van der Waals surface area contributed by atoms with Crippen LogP contribution in [-0.4, -0.2) is 15.6 Å². The maximum absolute atomic E-state index is 11.4. The molecule has 1 heterocycles. The summed E-state index contributed by atoms with van der Waals surface area (Å²) in [6.07, 6.45) is 6.83. The van der Waals surface area contributed by atoms with Crippen molar-refractivity contribution in [3.05, 3.63) is 36.0 Å². The number of hydrogen-bond donors (Lipinski definition) is 1. The van der Waals surface area contributed by atoms with Gasteiger partial charge >= 0.3 is 5.97 Å². The summed E-state index contributed by atoms with van der Waals surface area (Å²) in [7, 11) is 0. The highest BCUT2D eigenvalue weighted by molar-refractivity contribution is 6.02. The number of carboxylic acid groups (broad SMARTS) is 1. The second-order valence-corrected chi connectivity index (χ2v) is 5.69. The van der Waals surface area contributed by atoms with Crippen LogP contribution in [-0.2, 0) is 0 Å². The summed E-state index contributed by atoms with van der Waals surface area (Å²) in [6, 6.07) is 7.99. The van der Waals surface area contributed by atoms with Gasteiger partial charge in [-0.1, -0.05) is 19.1 Å². The van der Waals surface area contributed by atoms with Crippen molar-refractivity contribution in [2.45, 2.75) is 38.6 Å². The lowest BCUT2D eigenvalue weighted by molar-refractivity contribution is 0.0698. The minimum absolute atomic E-state index is 0.418. The predicted molar refractivity (Wildman–Crippen MR) is 75.6 cm³/mol. The monoisotopic (exact) mass is 257 g/mol. The van der Waals surface area contributed by atoms with E-state index in [0.717, 1.165) is 29.7 Å². The second kappa shape index (κ2) is 4.72. The SMILES string of the molecule is CC1CCC(n2ccc3cccc(C(=O)O)c32)CC1. The van der Waals surface area contributed by atoms with Gasteiger partial charge in [0.2, 0.25) is 0 Å². The van der Waals surface area contributed by atoms with Crippen LogP contribution in [0.1, 0.15) is 49.0 Å². The summed E-state index contributed by atoms with van der Waals surface area (Å²) in [5, 5.41) is 10.4. The molecule has 0 saturated heterocycles. The molecule has 0 aliphatic heterocycles. The molecule has 1 saturated carbocycles. The van der Waals surface area contributed by atoms with Gasteiger partial charge in [0.15, 0.2) is 0 Å². The van der Waals surface area contributed by atoms with E-state index >= 15 is 0 Å². The Bertz CT molecular complexity index is 606. The minimum atomic E-state index is -0.838. The topological polar surface area (TPSA) is 42.2 Å². The molecule has 0 bridgehead atoms. The van der Waals surface area contributed by atoms with E-state index in [9.17, 15) is 9.90 Å². The van der Waals surface area contributed by atoms with E-state index in [-0.39, 0.29) is 0 Å². The van der Waals surface area contributed by atoms with Crippen molar-refractivity contribution in [2.75, 3.05) is 0 Å². The molecule has 0 unspecified atom stereocenters. The molecule has 1 aliphatic carbocycles. The van der Waals surface area contributed by atoms with Crippen molar-refractivity contribution >= 4 is 16.9 Å². The Kier molecular flexibility index (Phi) is 3.05. The van der Waals surface area contributed by atoms with Gasteiger partial charge in [-0.3, -0.25) is 0 Å². The van der Waals surface area contributed by atoms with Crippen LogP contribution in [0.25, 0.3) is 10.9 Å². The van der Waals surface area contributed by atoms with E-state index in [4.69, 9.17) is 0 Å². The van der Waals surface area contributed by atoms with E-state index < -0.39 is 5.97 Å².